The molecule has 3 unspecified atom stereocenters. The third-order valence-corrected chi connectivity index (χ3v) is 12.2. The maximum atomic E-state index is 13.4. The number of ether oxygens (including phenoxy) is 1. The molecule has 2 N–H and O–H groups in total. The van der Waals surface area contributed by atoms with Crippen LogP contribution in [-0.4, -0.2) is 74.3 Å². The van der Waals surface area contributed by atoms with Crippen molar-refractivity contribution in [3.63, 3.8) is 0 Å². The Balaban J connectivity index is 5.48. The van der Waals surface area contributed by atoms with Gasteiger partial charge < -0.3 is 19.4 Å². The number of quaternary nitrogens is 1. The highest BCUT2D eigenvalue weighted by Crippen LogP contribution is 2.43. The Morgan fingerprint density at radius 3 is 1.53 bits per heavy atom. The molecule has 0 fully saturated rings. The predicted octanol–water partition coefficient (Wildman–Crippen LogP) is 15.2. The Labute approximate surface area is 394 Å². The van der Waals surface area contributed by atoms with Crippen LogP contribution in [0.3, 0.4) is 0 Å². The van der Waals surface area contributed by atoms with Crippen molar-refractivity contribution in [1.29, 1.82) is 0 Å². The van der Waals surface area contributed by atoms with Crippen LogP contribution in [0.2, 0.25) is 0 Å². The maximum Gasteiger partial charge on any atom is 0.472 e. The third kappa shape index (κ3) is 44.9. The third-order valence-electron chi connectivity index (χ3n) is 11.2. The molecule has 0 aliphatic heterocycles. The van der Waals surface area contributed by atoms with Crippen LogP contribution in [0.4, 0.5) is 0 Å². The number of rotatable bonds is 46. The van der Waals surface area contributed by atoms with Crippen molar-refractivity contribution >= 4 is 19.7 Å². The minimum absolute atomic E-state index is 0.0322. The lowest BCUT2D eigenvalue weighted by Gasteiger charge is -2.27. The number of nitrogens with zero attached hydrogens (tertiary/aromatic N) is 1. The molecule has 3 atom stereocenters. The normalized spacial score (nSPS) is 14.4. The van der Waals surface area contributed by atoms with Crippen LogP contribution in [0.1, 0.15) is 220 Å². The fourth-order valence-corrected chi connectivity index (χ4v) is 7.86. The Morgan fingerprint density at radius 2 is 1.00 bits per heavy atom. The largest absolute Gasteiger partial charge is 0.472 e. The molecule has 0 spiro atoms. The summed E-state index contributed by atoms with van der Waals surface area (Å²) < 4.78 is 30.4. The Bertz CT molecular complexity index is 1290. The number of phosphoric acid groups is 1. The molecule has 0 saturated carbocycles. The highest BCUT2D eigenvalue weighted by Gasteiger charge is 2.30. The summed E-state index contributed by atoms with van der Waals surface area (Å²) in [5.74, 6) is -0.554. The van der Waals surface area contributed by atoms with E-state index in [9.17, 15) is 19.0 Å². The molecule has 0 radical (unpaired) electrons. The number of phosphoric ester groups is 1. The lowest BCUT2D eigenvalue weighted by Crippen LogP contribution is -2.47. The molecule has 0 aromatic rings. The first kappa shape index (κ1) is 61.7. The fraction of sp³-hybridized carbons (Fsp3) is 0.778. The average molecular weight is 920 g/mol. The molecular weight excluding hydrogens is 820 g/mol. The summed E-state index contributed by atoms with van der Waals surface area (Å²) in [6.07, 6.45) is 53.6. The van der Waals surface area contributed by atoms with Gasteiger partial charge in [0, 0.05) is 12.8 Å². The first-order valence-electron chi connectivity index (χ1n) is 26.1. The standard InChI is InChI=1S/C54H99N2O7P/c1-7-10-13-16-19-22-25-27-29-32-35-38-41-44-47-54(58)63-52(45-42-39-36-33-30-24-21-18-15-12-9-3)51(50-62-64(59,60)61-49-48-56(4,5)6)55-53(57)46-43-40-37-34-31-28-26-23-20-17-14-11-8-2/h10,13,19,22,27-29,31,42,45,51-52H,7-9,11-12,14-18,20-21,23-26,30,32-41,43-44,46-50H2,1-6H3,(H-,55,57,59,60)/p+1/b13-10+,22-19+,29-27+,31-28-,45-42+. The van der Waals surface area contributed by atoms with Crippen LogP contribution in [0.5, 0.6) is 0 Å². The smallest absolute Gasteiger partial charge is 0.456 e. The van der Waals surface area contributed by atoms with E-state index in [1.165, 1.54) is 83.5 Å². The zero-order valence-electron chi connectivity index (χ0n) is 42.3. The number of nitrogens with one attached hydrogen (secondary N) is 1. The molecule has 9 nitrogen and oxygen atoms in total. The molecular formula is C54H100N2O7P+. The summed E-state index contributed by atoms with van der Waals surface area (Å²) in [4.78, 5) is 37.4. The Kier molecular flexibility index (Phi) is 42.9. The number of esters is 1. The van der Waals surface area contributed by atoms with Gasteiger partial charge in [0.1, 0.15) is 19.3 Å². The van der Waals surface area contributed by atoms with Crippen molar-refractivity contribution in [3.05, 3.63) is 60.8 Å². The molecule has 0 aromatic carbocycles. The van der Waals surface area contributed by atoms with Gasteiger partial charge in [0.05, 0.1) is 33.8 Å². The number of hydrogen-bond acceptors (Lipinski definition) is 6. The van der Waals surface area contributed by atoms with E-state index in [1.54, 1.807) is 0 Å². The SMILES string of the molecule is CC/C=C/C/C=C/C/C=C/CCCCCCC(=O)OC(/C=C/CCCCCCCCCCC)C(COP(=O)(O)OCC[N+](C)(C)C)NC(=O)CCCCC/C=C\CCCCCCCC. The summed E-state index contributed by atoms with van der Waals surface area (Å²) in [6.45, 7) is 6.84. The van der Waals surface area contributed by atoms with E-state index in [-0.39, 0.29) is 31.5 Å². The van der Waals surface area contributed by atoms with Gasteiger partial charge in [-0.1, -0.05) is 178 Å². The Morgan fingerprint density at radius 1 is 0.562 bits per heavy atom. The first-order valence-corrected chi connectivity index (χ1v) is 27.6. The molecule has 0 aliphatic rings. The average Bonchev–Trinajstić information content (AvgIpc) is 3.25. The Hall–Kier alpha value is -2.29. The first-order chi connectivity index (χ1) is 30.9. The molecule has 372 valence electrons. The summed E-state index contributed by atoms with van der Waals surface area (Å²) in [5.41, 5.74) is 0. The summed E-state index contributed by atoms with van der Waals surface area (Å²) >= 11 is 0. The number of amides is 1. The zero-order chi connectivity index (χ0) is 47.3. The summed E-state index contributed by atoms with van der Waals surface area (Å²) in [6, 6.07) is -0.863. The van der Waals surface area contributed by atoms with Gasteiger partial charge in [-0.2, -0.15) is 0 Å². The van der Waals surface area contributed by atoms with E-state index in [0.717, 1.165) is 96.3 Å². The van der Waals surface area contributed by atoms with Crippen LogP contribution in [0.25, 0.3) is 0 Å². The van der Waals surface area contributed by atoms with Gasteiger partial charge in [0.2, 0.25) is 5.91 Å². The molecule has 0 bridgehead atoms. The quantitative estimate of drug-likeness (QED) is 0.0206. The summed E-state index contributed by atoms with van der Waals surface area (Å²) in [7, 11) is 1.47. The summed E-state index contributed by atoms with van der Waals surface area (Å²) in [5, 5.41) is 3.02. The number of unbranched alkanes of at least 4 members (excludes halogenated alkanes) is 22. The lowest BCUT2D eigenvalue weighted by atomic mass is 10.1. The van der Waals surface area contributed by atoms with E-state index in [1.807, 2.05) is 33.3 Å². The van der Waals surface area contributed by atoms with Crippen LogP contribution in [0.15, 0.2) is 60.8 Å². The number of carbonyl (C=O) groups excluding carboxylic acids is 2. The molecule has 0 aromatic heterocycles. The lowest BCUT2D eigenvalue weighted by molar-refractivity contribution is -0.870. The van der Waals surface area contributed by atoms with Crippen molar-refractivity contribution in [3.8, 4) is 0 Å². The monoisotopic (exact) mass is 920 g/mol. The zero-order valence-corrected chi connectivity index (χ0v) is 43.2. The molecule has 0 heterocycles. The molecule has 0 saturated heterocycles. The fourth-order valence-electron chi connectivity index (χ4n) is 7.12. The van der Waals surface area contributed by atoms with Crippen molar-refractivity contribution in [1.82, 2.24) is 5.32 Å². The van der Waals surface area contributed by atoms with Crippen molar-refractivity contribution in [2.75, 3.05) is 40.9 Å². The van der Waals surface area contributed by atoms with Gasteiger partial charge in [-0.25, -0.2) is 4.57 Å². The van der Waals surface area contributed by atoms with E-state index in [0.29, 0.717) is 23.9 Å². The highest BCUT2D eigenvalue weighted by atomic mass is 31.2. The van der Waals surface area contributed by atoms with Crippen LogP contribution < -0.4 is 5.32 Å². The number of carbonyl (C=O) groups is 2. The van der Waals surface area contributed by atoms with E-state index >= 15 is 0 Å². The number of allylic oxidation sites excluding steroid dienone is 9. The molecule has 1 amide bonds. The minimum atomic E-state index is -4.45. The molecule has 10 heteroatoms. The second-order valence-corrected chi connectivity index (χ2v) is 20.1. The molecule has 0 rings (SSSR count). The van der Waals surface area contributed by atoms with Gasteiger partial charge in [-0.15, -0.1) is 0 Å². The predicted molar refractivity (Wildman–Crippen MR) is 272 cm³/mol. The topological polar surface area (TPSA) is 111 Å². The van der Waals surface area contributed by atoms with Gasteiger partial charge in [0.25, 0.3) is 0 Å². The van der Waals surface area contributed by atoms with E-state index in [2.05, 4.69) is 74.7 Å². The van der Waals surface area contributed by atoms with E-state index in [4.69, 9.17) is 13.8 Å². The molecule has 64 heavy (non-hydrogen) atoms. The van der Waals surface area contributed by atoms with Gasteiger partial charge in [0.15, 0.2) is 0 Å². The number of hydrogen-bond donors (Lipinski definition) is 2. The van der Waals surface area contributed by atoms with Crippen molar-refractivity contribution in [2.45, 2.75) is 232 Å². The van der Waals surface area contributed by atoms with Gasteiger partial charge in [-0.3, -0.25) is 18.6 Å². The maximum absolute atomic E-state index is 13.4. The van der Waals surface area contributed by atoms with Crippen LogP contribution in [-0.2, 0) is 27.9 Å². The van der Waals surface area contributed by atoms with Crippen LogP contribution >= 0.6 is 7.82 Å². The van der Waals surface area contributed by atoms with Gasteiger partial charge in [-0.05, 0) is 89.5 Å². The van der Waals surface area contributed by atoms with Crippen molar-refractivity contribution in [2.24, 2.45) is 0 Å². The van der Waals surface area contributed by atoms with E-state index < -0.39 is 20.0 Å². The van der Waals surface area contributed by atoms with Crippen LogP contribution in [0, 0.1) is 0 Å². The van der Waals surface area contributed by atoms with Gasteiger partial charge >= 0.3 is 13.8 Å². The highest BCUT2D eigenvalue weighted by molar-refractivity contribution is 7.47. The van der Waals surface area contributed by atoms with Crippen molar-refractivity contribution < 1.29 is 37.3 Å². The molecule has 0 aliphatic carbocycles. The minimum Gasteiger partial charge on any atom is -0.456 e. The second-order valence-electron chi connectivity index (χ2n) is 18.7. The number of likely N-dealkylation sites (N-methyl/N-ethyl adjacent to an activating group) is 1. The second kappa shape index (κ2) is 44.5.